The molecule has 76 valence electrons. The van der Waals surface area contributed by atoms with Crippen molar-refractivity contribution < 1.29 is 9.90 Å². The Kier molecular flexibility index (Phi) is 3.99. The lowest BCUT2D eigenvalue weighted by atomic mass is 10.2. The van der Waals surface area contributed by atoms with Crippen LogP contribution in [0, 0.1) is 7.14 Å². The minimum absolute atomic E-state index is 0.0599. The third kappa shape index (κ3) is 2.50. The van der Waals surface area contributed by atoms with Gasteiger partial charge < -0.3 is 10.0 Å². The molecule has 0 aliphatic carbocycles. The minimum Gasteiger partial charge on any atom is -0.506 e. The molecule has 0 heterocycles. The van der Waals surface area contributed by atoms with Crippen molar-refractivity contribution in [3.05, 3.63) is 24.8 Å². The number of carbonyl (C=O) groups excluding carboxylic acids is 1. The summed E-state index contributed by atoms with van der Waals surface area (Å²) in [6.07, 6.45) is 0. The average molecular weight is 417 g/mol. The summed E-state index contributed by atoms with van der Waals surface area (Å²) in [6.45, 7) is 0. The molecule has 1 amide bonds. The SMILES string of the molecule is CN(C)C(=O)c1cc(I)cc(I)c1O. The van der Waals surface area contributed by atoms with Crippen molar-refractivity contribution in [3.8, 4) is 5.75 Å². The Balaban J connectivity index is 3.27. The fourth-order valence-electron chi connectivity index (χ4n) is 0.970. The van der Waals surface area contributed by atoms with Crippen LogP contribution in [0.1, 0.15) is 10.4 Å². The first-order chi connectivity index (χ1) is 6.43. The maximum atomic E-state index is 11.6. The summed E-state index contributed by atoms with van der Waals surface area (Å²) in [5.41, 5.74) is 0.353. The van der Waals surface area contributed by atoms with Gasteiger partial charge in [0.05, 0.1) is 9.13 Å². The van der Waals surface area contributed by atoms with E-state index in [0.29, 0.717) is 9.13 Å². The predicted molar refractivity (Wildman–Crippen MR) is 71.6 cm³/mol. The standard InChI is InChI=1S/C9H9I2NO2/c1-12(2)9(14)6-3-5(10)4-7(11)8(6)13/h3-4,13H,1-2H3. The molecular weight excluding hydrogens is 408 g/mol. The van der Waals surface area contributed by atoms with Crippen molar-refractivity contribution in [1.29, 1.82) is 0 Å². The second kappa shape index (κ2) is 4.65. The van der Waals surface area contributed by atoms with Crippen molar-refractivity contribution >= 4 is 51.1 Å². The Morgan fingerprint density at radius 2 is 1.93 bits per heavy atom. The largest absolute Gasteiger partial charge is 0.506 e. The van der Waals surface area contributed by atoms with Crippen LogP contribution in [0.4, 0.5) is 0 Å². The van der Waals surface area contributed by atoms with Crippen LogP contribution in [-0.2, 0) is 0 Å². The number of benzene rings is 1. The number of halogens is 2. The lowest BCUT2D eigenvalue weighted by molar-refractivity contribution is 0.0824. The van der Waals surface area contributed by atoms with Crippen LogP contribution in [0.3, 0.4) is 0 Å². The molecule has 0 aromatic heterocycles. The zero-order valence-corrected chi connectivity index (χ0v) is 12.0. The van der Waals surface area contributed by atoms with Crippen molar-refractivity contribution in [3.63, 3.8) is 0 Å². The lowest BCUT2D eigenvalue weighted by Crippen LogP contribution is -2.22. The van der Waals surface area contributed by atoms with Gasteiger partial charge in [-0.05, 0) is 57.3 Å². The number of hydrogen-bond donors (Lipinski definition) is 1. The smallest absolute Gasteiger partial charge is 0.257 e. The van der Waals surface area contributed by atoms with Gasteiger partial charge in [0.2, 0.25) is 0 Å². The molecule has 1 aromatic carbocycles. The summed E-state index contributed by atoms with van der Waals surface area (Å²) in [7, 11) is 3.32. The van der Waals surface area contributed by atoms with Gasteiger partial charge in [-0.2, -0.15) is 0 Å². The fourth-order valence-corrected chi connectivity index (χ4v) is 2.81. The molecule has 0 bridgehead atoms. The summed E-state index contributed by atoms with van der Waals surface area (Å²) in [5, 5.41) is 9.68. The van der Waals surface area contributed by atoms with E-state index in [1.165, 1.54) is 4.90 Å². The number of rotatable bonds is 1. The van der Waals surface area contributed by atoms with Gasteiger partial charge in [-0.1, -0.05) is 0 Å². The quantitative estimate of drug-likeness (QED) is 0.713. The molecule has 0 unspecified atom stereocenters. The summed E-state index contributed by atoms with van der Waals surface area (Å²) in [4.78, 5) is 13.1. The Bertz CT molecular complexity index is 377. The van der Waals surface area contributed by atoms with Gasteiger partial charge in [-0.25, -0.2) is 0 Å². The van der Waals surface area contributed by atoms with E-state index in [-0.39, 0.29) is 11.7 Å². The molecule has 0 saturated carbocycles. The molecule has 0 spiro atoms. The van der Waals surface area contributed by atoms with Crippen LogP contribution >= 0.6 is 45.2 Å². The number of aromatic hydroxyl groups is 1. The van der Waals surface area contributed by atoms with Gasteiger partial charge >= 0.3 is 0 Å². The summed E-state index contributed by atoms with van der Waals surface area (Å²) >= 11 is 4.12. The first-order valence-corrected chi connectivity index (χ1v) is 5.99. The van der Waals surface area contributed by atoms with Crippen molar-refractivity contribution in [1.82, 2.24) is 4.90 Å². The monoisotopic (exact) mass is 417 g/mol. The van der Waals surface area contributed by atoms with E-state index < -0.39 is 0 Å². The molecule has 0 radical (unpaired) electrons. The van der Waals surface area contributed by atoms with Gasteiger partial charge in [0, 0.05) is 17.7 Å². The van der Waals surface area contributed by atoms with Crippen LogP contribution in [0.5, 0.6) is 5.75 Å². The average Bonchev–Trinajstić information content (AvgIpc) is 2.09. The highest BCUT2D eigenvalue weighted by atomic mass is 127. The molecule has 3 nitrogen and oxygen atoms in total. The minimum atomic E-state index is -0.182. The van der Waals surface area contributed by atoms with Crippen LogP contribution in [0.25, 0.3) is 0 Å². The van der Waals surface area contributed by atoms with Crippen molar-refractivity contribution in [2.45, 2.75) is 0 Å². The molecule has 5 heteroatoms. The Hall–Kier alpha value is -0.0500. The fraction of sp³-hybridized carbons (Fsp3) is 0.222. The van der Waals surface area contributed by atoms with E-state index >= 15 is 0 Å². The third-order valence-corrected chi connectivity index (χ3v) is 3.11. The maximum Gasteiger partial charge on any atom is 0.257 e. The van der Waals surface area contributed by atoms with Gasteiger partial charge in [0.1, 0.15) is 5.75 Å². The van der Waals surface area contributed by atoms with Crippen LogP contribution in [0.15, 0.2) is 12.1 Å². The molecule has 1 aromatic rings. The van der Waals surface area contributed by atoms with E-state index in [4.69, 9.17) is 0 Å². The van der Waals surface area contributed by atoms with E-state index in [1.54, 1.807) is 20.2 Å². The lowest BCUT2D eigenvalue weighted by Gasteiger charge is -2.12. The molecule has 1 rings (SSSR count). The first kappa shape index (κ1) is 12.0. The Morgan fingerprint density at radius 1 is 1.36 bits per heavy atom. The zero-order chi connectivity index (χ0) is 10.9. The van der Waals surface area contributed by atoms with Gasteiger partial charge in [-0.15, -0.1) is 0 Å². The zero-order valence-electron chi connectivity index (χ0n) is 7.71. The van der Waals surface area contributed by atoms with E-state index in [2.05, 4.69) is 22.6 Å². The topological polar surface area (TPSA) is 40.5 Å². The second-order valence-corrected chi connectivity index (χ2v) is 5.39. The van der Waals surface area contributed by atoms with Crippen LogP contribution in [-0.4, -0.2) is 30.0 Å². The Morgan fingerprint density at radius 3 is 2.43 bits per heavy atom. The maximum absolute atomic E-state index is 11.6. The molecule has 0 aliphatic heterocycles. The predicted octanol–water partition coefficient (Wildman–Crippen LogP) is 2.30. The highest BCUT2D eigenvalue weighted by molar-refractivity contribution is 14.1. The van der Waals surface area contributed by atoms with Gasteiger partial charge in [0.15, 0.2) is 0 Å². The van der Waals surface area contributed by atoms with Crippen molar-refractivity contribution in [2.24, 2.45) is 0 Å². The van der Waals surface area contributed by atoms with E-state index in [1.807, 2.05) is 28.7 Å². The number of phenols is 1. The number of carbonyl (C=O) groups is 1. The van der Waals surface area contributed by atoms with E-state index in [0.717, 1.165) is 3.57 Å². The number of amides is 1. The van der Waals surface area contributed by atoms with Gasteiger partial charge in [-0.3, -0.25) is 4.79 Å². The summed E-state index contributed by atoms with van der Waals surface area (Å²) < 4.78 is 1.63. The molecule has 0 atom stereocenters. The second-order valence-electron chi connectivity index (χ2n) is 2.98. The first-order valence-electron chi connectivity index (χ1n) is 3.83. The Labute approximate surface area is 110 Å². The van der Waals surface area contributed by atoms with E-state index in [9.17, 15) is 9.90 Å². The van der Waals surface area contributed by atoms with Crippen LogP contribution in [0.2, 0.25) is 0 Å². The number of hydrogen-bond acceptors (Lipinski definition) is 2. The highest BCUT2D eigenvalue weighted by Gasteiger charge is 2.15. The normalized spacial score (nSPS) is 10.0. The van der Waals surface area contributed by atoms with Crippen molar-refractivity contribution in [2.75, 3.05) is 14.1 Å². The van der Waals surface area contributed by atoms with Gasteiger partial charge in [0.25, 0.3) is 5.91 Å². The molecule has 0 fully saturated rings. The summed E-state index contributed by atoms with van der Waals surface area (Å²) in [6, 6.07) is 3.50. The number of nitrogens with zero attached hydrogens (tertiary/aromatic N) is 1. The molecule has 1 N–H and O–H groups in total. The molecule has 0 aliphatic rings. The molecule has 14 heavy (non-hydrogen) atoms. The van der Waals surface area contributed by atoms with Crippen LogP contribution < -0.4 is 0 Å². The molecule has 0 saturated heterocycles. The molecular formula is C9H9I2NO2. The summed E-state index contributed by atoms with van der Waals surface area (Å²) in [5.74, 6) is -0.122. The number of phenolic OH excluding ortho intramolecular Hbond substituents is 1. The highest BCUT2D eigenvalue weighted by Crippen LogP contribution is 2.27. The third-order valence-electron chi connectivity index (χ3n) is 1.66.